The molecule has 2 atom stereocenters. The maximum Gasteiger partial charge on any atom is 0.315 e. The quantitative estimate of drug-likeness (QED) is 0.892. The van der Waals surface area contributed by atoms with Crippen LogP contribution in [-0.2, 0) is 13.5 Å². The van der Waals surface area contributed by atoms with Gasteiger partial charge in [0.1, 0.15) is 0 Å². The van der Waals surface area contributed by atoms with Gasteiger partial charge in [0.05, 0.1) is 12.2 Å². The number of nitrogens with one attached hydrogen (secondary N) is 2. The molecule has 1 saturated carbocycles. The number of amides is 2. The zero-order valence-corrected chi connectivity index (χ0v) is 14.6. The van der Waals surface area contributed by atoms with Crippen LogP contribution in [0, 0.1) is 0 Å². The van der Waals surface area contributed by atoms with Crippen LogP contribution in [0.15, 0.2) is 6.20 Å². The predicted molar refractivity (Wildman–Crippen MR) is 92.8 cm³/mol. The molecule has 2 N–H and O–H groups in total. The molecule has 24 heavy (non-hydrogen) atoms. The number of hydrogen-bond acceptors (Lipinski definition) is 3. The predicted octanol–water partition coefficient (Wildman–Crippen LogP) is 2.11. The van der Waals surface area contributed by atoms with E-state index in [1.807, 2.05) is 17.9 Å². The Morgan fingerprint density at radius 2 is 2.00 bits per heavy atom. The summed E-state index contributed by atoms with van der Waals surface area (Å²) in [6.45, 7) is 2.15. The molecule has 1 aliphatic heterocycles. The minimum Gasteiger partial charge on any atom is -0.334 e. The summed E-state index contributed by atoms with van der Waals surface area (Å²) in [5.41, 5.74) is 2.46. The highest BCUT2D eigenvalue weighted by atomic mass is 16.2. The topological polar surface area (TPSA) is 62.2 Å². The summed E-state index contributed by atoms with van der Waals surface area (Å²) in [6, 6.07) is 1.14. The van der Waals surface area contributed by atoms with Crippen LogP contribution in [0.2, 0.25) is 0 Å². The summed E-state index contributed by atoms with van der Waals surface area (Å²) in [4.78, 5) is 15.0. The van der Waals surface area contributed by atoms with Gasteiger partial charge in [-0.25, -0.2) is 4.79 Å². The van der Waals surface area contributed by atoms with E-state index in [4.69, 9.17) is 0 Å². The summed E-state index contributed by atoms with van der Waals surface area (Å²) in [5.74, 6) is 0. The molecule has 1 aromatic heterocycles. The van der Waals surface area contributed by atoms with E-state index in [0.717, 1.165) is 44.8 Å². The van der Waals surface area contributed by atoms with E-state index in [2.05, 4.69) is 20.6 Å². The smallest absolute Gasteiger partial charge is 0.315 e. The van der Waals surface area contributed by atoms with Gasteiger partial charge in [-0.15, -0.1) is 0 Å². The first-order valence-corrected chi connectivity index (χ1v) is 9.52. The molecule has 0 unspecified atom stereocenters. The number of rotatable bonds is 3. The molecule has 2 aliphatic carbocycles. The van der Waals surface area contributed by atoms with Crippen LogP contribution in [0.1, 0.15) is 62.2 Å². The van der Waals surface area contributed by atoms with Gasteiger partial charge in [0.2, 0.25) is 0 Å². The third-order valence-electron chi connectivity index (χ3n) is 6.08. The number of aryl methyl sites for hydroxylation is 1. The average molecular weight is 331 g/mol. The lowest BCUT2D eigenvalue weighted by molar-refractivity contribution is 0.224. The molecule has 2 fully saturated rings. The van der Waals surface area contributed by atoms with Crippen molar-refractivity contribution in [2.45, 2.75) is 69.5 Å². The molecule has 3 aliphatic rings. The number of carbonyl (C=O) groups is 1. The van der Waals surface area contributed by atoms with Gasteiger partial charge in [-0.1, -0.05) is 12.8 Å². The normalized spacial score (nSPS) is 28.0. The molecule has 2 amide bonds. The maximum absolute atomic E-state index is 12.4. The van der Waals surface area contributed by atoms with Gasteiger partial charge < -0.3 is 10.6 Å². The Morgan fingerprint density at radius 1 is 1.17 bits per heavy atom. The fourth-order valence-corrected chi connectivity index (χ4v) is 4.75. The molecule has 2 heterocycles. The Balaban J connectivity index is 1.30. The Labute approximate surface area is 144 Å². The van der Waals surface area contributed by atoms with Gasteiger partial charge in [-0.3, -0.25) is 9.58 Å². The molecule has 6 heteroatoms. The number of likely N-dealkylation sites (tertiary alicyclic amines) is 1. The highest BCUT2D eigenvalue weighted by Crippen LogP contribution is 2.29. The molecule has 0 aromatic carbocycles. The molecule has 132 valence electrons. The molecule has 1 aromatic rings. The van der Waals surface area contributed by atoms with E-state index in [1.165, 1.54) is 36.9 Å². The van der Waals surface area contributed by atoms with Crippen molar-refractivity contribution in [3.63, 3.8) is 0 Å². The zero-order chi connectivity index (χ0) is 16.5. The molecule has 4 rings (SSSR count). The molecular formula is C18H29N5O. The highest BCUT2D eigenvalue weighted by molar-refractivity contribution is 5.75. The van der Waals surface area contributed by atoms with Crippen LogP contribution in [0.5, 0.6) is 0 Å². The second-order valence-electron chi connectivity index (χ2n) is 7.65. The Morgan fingerprint density at radius 3 is 2.83 bits per heavy atom. The zero-order valence-electron chi connectivity index (χ0n) is 14.6. The first kappa shape index (κ1) is 15.9. The van der Waals surface area contributed by atoms with Crippen LogP contribution in [0.3, 0.4) is 0 Å². The number of hydrogen-bond donors (Lipinski definition) is 2. The summed E-state index contributed by atoms with van der Waals surface area (Å²) >= 11 is 0. The van der Waals surface area contributed by atoms with Crippen molar-refractivity contribution in [3.05, 3.63) is 17.5 Å². The van der Waals surface area contributed by atoms with Gasteiger partial charge in [0.15, 0.2) is 0 Å². The summed E-state index contributed by atoms with van der Waals surface area (Å²) in [7, 11) is 1.98. The van der Waals surface area contributed by atoms with Gasteiger partial charge in [0, 0.05) is 43.5 Å². The lowest BCUT2D eigenvalue weighted by atomic mass is 9.93. The van der Waals surface area contributed by atoms with E-state index in [9.17, 15) is 4.79 Å². The number of aromatic nitrogens is 2. The summed E-state index contributed by atoms with van der Waals surface area (Å²) < 4.78 is 1.94. The van der Waals surface area contributed by atoms with Gasteiger partial charge in [-0.2, -0.15) is 5.10 Å². The van der Waals surface area contributed by atoms with Crippen LogP contribution in [0.4, 0.5) is 4.79 Å². The molecule has 0 radical (unpaired) electrons. The van der Waals surface area contributed by atoms with E-state index >= 15 is 0 Å². The van der Waals surface area contributed by atoms with Crippen LogP contribution in [-0.4, -0.2) is 45.9 Å². The third-order valence-corrected chi connectivity index (χ3v) is 6.08. The van der Waals surface area contributed by atoms with E-state index in [0.29, 0.717) is 6.04 Å². The van der Waals surface area contributed by atoms with Crippen LogP contribution < -0.4 is 10.6 Å². The first-order chi connectivity index (χ1) is 11.7. The highest BCUT2D eigenvalue weighted by Gasteiger charge is 2.31. The van der Waals surface area contributed by atoms with Crippen molar-refractivity contribution in [2.24, 2.45) is 7.05 Å². The summed E-state index contributed by atoms with van der Waals surface area (Å²) in [5, 5.41) is 10.7. The molecule has 0 spiro atoms. The fraction of sp³-hybridized carbons (Fsp3) is 0.778. The van der Waals surface area contributed by atoms with Gasteiger partial charge in [0.25, 0.3) is 0 Å². The molecule has 6 nitrogen and oxygen atoms in total. The Kier molecular flexibility index (Phi) is 4.48. The first-order valence-electron chi connectivity index (χ1n) is 9.52. The van der Waals surface area contributed by atoms with Crippen LogP contribution >= 0.6 is 0 Å². The van der Waals surface area contributed by atoms with Crippen molar-refractivity contribution in [2.75, 3.05) is 13.1 Å². The molecule has 0 bridgehead atoms. The monoisotopic (exact) mass is 331 g/mol. The summed E-state index contributed by atoms with van der Waals surface area (Å²) in [6.07, 6.45) is 11.6. The number of urea groups is 1. The lowest BCUT2D eigenvalue weighted by Crippen LogP contribution is -2.45. The van der Waals surface area contributed by atoms with Gasteiger partial charge in [-0.05, 0) is 38.5 Å². The largest absolute Gasteiger partial charge is 0.334 e. The van der Waals surface area contributed by atoms with Crippen molar-refractivity contribution in [3.8, 4) is 0 Å². The molecule has 1 saturated heterocycles. The number of fused-ring (bicyclic) bond motifs is 1. The van der Waals surface area contributed by atoms with Crippen molar-refractivity contribution >= 4 is 6.03 Å². The number of nitrogens with zero attached hydrogens (tertiary/aromatic N) is 3. The van der Waals surface area contributed by atoms with Crippen molar-refractivity contribution in [1.29, 1.82) is 0 Å². The van der Waals surface area contributed by atoms with Crippen LogP contribution in [0.25, 0.3) is 0 Å². The Hall–Kier alpha value is -1.56. The van der Waals surface area contributed by atoms with E-state index in [1.54, 1.807) is 0 Å². The SMILES string of the molecule is Cn1ncc2c1CCC[C@H]2NC(=O)N[C@@H]1CCN(C2CCCC2)C1. The third kappa shape index (κ3) is 3.16. The second-order valence-corrected chi connectivity index (χ2v) is 7.65. The minimum atomic E-state index is -0.0185. The van der Waals surface area contributed by atoms with Gasteiger partial charge >= 0.3 is 6.03 Å². The fourth-order valence-electron chi connectivity index (χ4n) is 4.75. The molecular weight excluding hydrogens is 302 g/mol. The maximum atomic E-state index is 12.4. The van der Waals surface area contributed by atoms with Crippen molar-refractivity contribution in [1.82, 2.24) is 25.3 Å². The van der Waals surface area contributed by atoms with E-state index in [-0.39, 0.29) is 12.1 Å². The van der Waals surface area contributed by atoms with E-state index < -0.39 is 0 Å². The minimum absolute atomic E-state index is 0.0185. The number of carbonyl (C=O) groups excluding carboxylic acids is 1. The Bertz CT molecular complexity index is 592. The lowest BCUT2D eigenvalue weighted by Gasteiger charge is -2.26. The second kappa shape index (κ2) is 6.75. The standard InChI is InChI=1S/C18H29N5O/c1-22-17-8-4-7-16(15(17)11-19-22)21-18(24)20-13-9-10-23(12-13)14-5-2-3-6-14/h11,13-14,16H,2-10,12H2,1H3,(H2,20,21,24)/t13-,16-/m1/s1. The average Bonchev–Trinajstić information content (AvgIpc) is 3.29. The van der Waals surface area contributed by atoms with Crippen molar-refractivity contribution < 1.29 is 4.79 Å².